The van der Waals surface area contributed by atoms with E-state index >= 15 is 0 Å². The van der Waals surface area contributed by atoms with Gasteiger partial charge >= 0.3 is 0 Å². The Kier molecular flexibility index (Phi) is 8.04. The van der Waals surface area contributed by atoms with Crippen LogP contribution in [0.15, 0.2) is 35.1 Å². The summed E-state index contributed by atoms with van der Waals surface area (Å²) in [6, 6.07) is 7.87. The Balaban J connectivity index is 0.969. The van der Waals surface area contributed by atoms with Crippen molar-refractivity contribution in [2.24, 2.45) is 5.92 Å². The monoisotopic (exact) mass is 616 g/mol. The molecule has 2 saturated heterocycles. The van der Waals surface area contributed by atoms with Crippen molar-refractivity contribution in [2.45, 2.75) is 76.9 Å². The summed E-state index contributed by atoms with van der Waals surface area (Å²) in [5.74, 6) is 2.91. The maximum atomic E-state index is 13.4. The number of aryl methyl sites for hydroxylation is 1. The molecule has 0 radical (unpaired) electrons. The van der Waals surface area contributed by atoms with Crippen LogP contribution in [0.2, 0.25) is 0 Å². The number of nitrogens with one attached hydrogen (secondary N) is 3. The number of amides is 2. The second-order valence-corrected chi connectivity index (χ2v) is 12.7. The Bertz CT molecular complexity index is 1570. The number of aliphatic hydroxyl groups is 1. The van der Waals surface area contributed by atoms with Crippen molar-refractivity contribution in [1.82, 2.24) is 30.5 Å². The highest BCUT2D eigenvalue weighted by Crippen LogP contribution is 2.39. The summed E-state index contributed by atoms with van der Waals surface area (Å²) in [4.78, 5) is 42.5. The number of hydrogen-bond donors (Lipinski definition) is 4. The molecule has 238 valence electrons. The van der Waals surface area contributed by atoms with Gasteiger partial charge in [-0.2, -0.15) is 4.98 Å². The summed E-state index contributed by atoms with van der Waals surface area (Å²) in [5.41, 5.74) is 3.30. The fourth-order valence-corrected chi connectivity index (χ4v) is 6.88. The number of aliphatic hydroxyl groups excluding tert-OH is 1. The molecule has 1 aromatic carbocycles. The van der Waals surface area contributed by atoms with Crippen molar-refractivity contribution in [3.05, 3.63) is 58.9 Å². The molecule has 4 aliphatic rings. The lowest BCUT2D eigenvalue weighted by molar-refractivity contribution is -0.132. The van der Waals surface area contributed by atoms with Crippen LogP contribution in [0.5, 0.6) is 5.75 Å². The number of aromatic nitrogens is 3. The zero-order chi connectivity index (χ0) is 31.1. The number of rotatable bonds is 10. The number of oxazole rings is 1. The first-order valence-electron chi connectivity index (χ1n) is 15.8. The maximum Gasteiger partial charge on any atom is 0.270 e. The van der Waals surface area contributed by atoms with Gasteiger partial charge < -0.3 is 40.0 Å². The zero-order valence-electron chi connectivity index (χ0n) is 25.7. The van der Waals surface area contributed by atoms with Crippen molar-refractivity contribution in [3.63, 3.8) is 0 Å². The minimum atomic E-state index is -0.798. The summed E-state index contributed by atoms with van der Waals surface area (Å²) >= 11 is 0. The predicted molar refractivity (Wildman–Crippen MR) is 165 cm³/mol. The molecule has 2 unspecified atom stereocenters. The second-order valence-electron chi connectivity index (χ2n) is 12.7. The Morgan fingerprint density at radius 1 is 1.18 bits per heavy atom. The van der Waals surface area contributed by atoms with Crippen molar-refractivity contribution in [1.29, 1.82) is 0 Å². The van der Waals surface area contributed by atoms with Crippen LogP contribution in [0.1, 0.15) is 59.3 Å². The number of piperidine rings is 1. The number of fused-ring (bicyclic) bond motifs is 3. The molecule has 0 spiro atoms. The van der Waals surface area contributed by atoms with E-state index in [2.05, 4.69) is 30.8 Å². The van der Waals surface area contributed by atoms with E-state index in [1.807, 2.05) is 25.1 Å². The van der Waals surface area contributed by atoms with Crippen LogP contribution in [0.4, 0.5) is 11.8 Å². The second kappa shape index (κ2) is 12.3. The summed E-state index contributed by atoms with van der Waals surface area (Å²) in [6.45, 7) is 6.52. The molecule has 2 aromatic heterocycles. The molecule has 4 N–H and O–H groups in total. The van der Waals surface area contributed by atoms with Crippen molar-refractivity contribution < 1.29 is 23.8 Å². The zero-order valence-corrected chi connectivity index (χ0v) is 25.7. The third-order valence-electron chi connectivity index (χ3n) is 9.62. The average Bonchev–Trinajstić information content (AvgIpc) is 3.77. The highest BCUT2D eigenvalue weighted by atomic mass is 16.5. The number of carbonyl (C=O) groups excluding carboxylic acids is 2. The number of hydrogen-bond acceptors (Lipinski definition) is 11. The molecule has 7 rings (SSSR count). The predicted octanol–water partition coefficient (Wildman–Crippen LogP) is 1.79. The van der Waals surface area contributed by atoms with E-state index in [1.165, 1.54) is 12.8 Å². The lowest BCUT2D eigenvalue weighted by atomic mass is 9.92. The fraction of sp³-hybridized carbons (Fsp3) is 0.531. The third kappa shape index (κ3) is 6.32. The van der Waals surface area contributed by atoms with Gasteiger partial charge in [0.25, 0.3) is 5.91 Å². The molecule has 13 nitrogen and oxygen atoms in total. The summed E-state index contributed by atoms with van der Waals surface area (Å²) in [5, 5.41) is 20.7. The first-order valence-corrected chi connectivity index (χ1v) is 15.8. The van der Waals surface area contributed by atoms with Crippen LogP contribution in [-0.4, -0.2) is 87.2 Å². The normalized spacial score (nSPS) is 23.0. The van der Waals surface area contributed by atoms with E-state index in [-0.39, 0.29) is 36.1 Å². The molecule has 2 bridgehead atoms. The van der Waals surface area contributed by atoms with E-state index < -0.39 is 6.10 Å². The molecule has 45 heavy (non-hydrogen) atoms. The van der Waals surface area contributed by atoms with Gasteiger partial charge in [-0.1, -0.05) is 6.07 Å². The Morgan fingerprint density at radius 2 is 2.04 bits per heavy atom. The standard InChI is InChI=1S/C32H40N8O5/c1-18-29(45-17-35-18)16-44-25-6-4-21-9-26(33-11-22(21)8-25)28(42)12-34-31(43)27-10-30(36-23-14-39(15-23)19(2)41)38-32(37-27)40-13-20-3-5-24(40)7-20/h4,6,8,10,17,20,23-24,26,28,33,42H,3,5,7,9,11-16H2,1-2H3,(H,34,43)(H,36,37,38)/t20?,24?,26-,28+/m0/s1. The molecule has 3 fully saturated rings. The molecular weight excluding hydrogens is 576 g/mol. The number of likely N-dealkylation sites (tertiary alicyclic amines) is 1. The Labute approximate surface area is 261 Å². The Morgan fingerprint density at radius 3 is 2.78 bits per heavy atom. The molecule has 2 amide bonds. The summed E-state index contributed by atoms with van der Waals surface area (Å²) in [7, 11) is 0. The highest BCUT2D eigenvalue weighted by Gasteiger charge is 2.39. The van der Waals surface area contributed by atoms with Crippen LogP contribution >= 0.6 is 0 Å². The molecule has 3 aliphatic heterocycles. The molecule has 4 atom stereocenters. The maximum absolute atomic E-state index is 13.4. The fourth-order valence-electron chi connectivity index (χ4n) is 6.88. The minimum absolute atomic E-state index is 0.0481. The van der Waals surface area contributed by atoms with Gasteiger partial charge in [0.1, 0.15) is 23.9 Å². The Hall–Kier alpha value is -4.23. The SMILES string of the molecule is CC(=O)N1CC(Nc2cc(C(=O)NC[C@@H](O)[C@@H]3Cc4ccc(OCc5ocnc5C)cc4CN3)nc(N3CC4CCC3C4)n2)C1. The van der Waals surface area contributed by atoms with Gasteiger partial charge in [0.05, 0.1) is 17.8 Å². The molecule has 5 heterocycles. The summed E-state index contributed by atoms with van der Waals surface area (Å²) in [6.07, 6.45) is 4.72. The largest absolute Gasteiger partial charge is 0.486 e. The molecule has 3 aromatic rings. The lowest BCUT2D eigenvalue weighted by Crippen LogP contribution is -2.56. The van der Waals surface area contributed by atoms with Gasteiger partial charge in [0, 0.05) is 57.8 Å². The van der Waals surface area contributed by atoms with E-state index in [1.54, 1.807) is 17.9 Å². The van der Waals surface area contributed by atoms with Crippen molar-refractivity contribution in [2.75, 3.05) is 36.4 Å². The molecule has 1 saturated carbocycles. The molecule has 13 heteroatoms. The first kappa shape index (κ1) is 29.5. The average molecular weight is 617 g/mol. The lowest BCUT2D eigenvalue weighted by Gasteiger charge is -2.39. The number of carbonyl (C=O) groups is 2. The molecule has 1 aliphatic carbocycles. The van der Waals surface area contributed by atoms with Gasteiger partial charge in [-0.05, 0) is 61.8 Å². The van der Waals surface area contributed by atoms with Crippen molar-refractivity contribution >= 4 is 23.6 Å². The first-order chi connectivity index (χ1) is 21.8. The topological polar surface area (TPSA) is 158 Å². The van der Waals surface area contributed by atoms with Gasteiger partial charge in [0.15, 0.2) is 12.2 Å². The van der Waals surface area contributed by atoms with Gasteiger partial charge in [0.2, 0.25) is 11.9 Å². The van der Waals surface area contributed by atoms with E-state index in [4.69, 9.17) is 14.1 Å². The highest BCUT2D eigenvalue weighted by molar-refractivity contribution is 5.93. The number of anilines is 2. The van der Waals surface area contributed by atoms with E-state index in [0.29, 0.717) is 62.1 Å². The number of benzene rings is 1. The smallest absolute Gasteiger partial charge is 0.270 e. The summed E-state index contributed by atoms with van der Waals surface area (Å²) < 4.78 is 11.2. The minimum Gasteiger partial charge on any atom is -0.486 e. The number of nitrogens with zero attached hydrogens (tertiary/aromatic N) is 5. The van der Waals surface area contributed by atoms with Gasteiger partial charge in [-0.3, -0.25) is 9.59 Å². The van der Waals surface area contributed by atoms with Crippen LogP contribution in [0, 0.1) is 12.8 Å². The van der Waals surface area contributed by atoms with Crippen LogP contribution in [0.3, 0.4) is 0 Å². The van der Waals surface area contributed by atoms with Crippen LogP contribution < -0.4 is 25.6 Å². The third-order valence-corrected chi connectivity index (χ3v) is 9.62. The molecular formula is C32H40N8O5. The van der Waals surface area contributed by atoms with E-state index in [0.717, 1.165) is 42.0 Å². The van der Waals surface area contributed by atoms with Gasteiger partial charge in [-0.15, -0.1) is 0 Å². The van der Waals surface area contributed by atoms with E-state index in [9.17, 15) is 14.7 Å². The van der Waals surface area contributed by atoms with Crippen LogP contribution in [0.25, 0.3) is 0 Å². The quantitative estimate of drug-likeness (QED) is 0.263. The van der Waals surface area contributed by atoms with Crippen molar-refractivity contribution in [3.8, 4) is 5.75 Å². The van der Waals surface area contributed by atoms with Gasteiger partial charge in [-0.25, -0.2) is 9.97 Å². The number of ether oxygens (including phenoxy) is 1. The van der Waals surface area contributed by atoms with Crippen LogP contribution in [-0.2, 0) is 24.4 Å².